The molecule has 1 fully saturated rings. The van der Waals surface area contributed by atoms with Gasteiger partial charge in [0.2, 0.25) is 5.92 Å². The minimum Gasteiger partial charge on any atom is -0.371 e. The average molecular weight is 313 g/mol. The number of nitrogens with zero attached hydrogens (tertiary/aromatic N) is 1. The van der Waals surface area contributed by atoms with E-state index in [1.165, 1.54) is 0 Å². The van der Waals surface area contributed by atoms with Crippen LogP contribution in [0.5, 0.6) is 0 Å². The normalized spacial score (nSPS) is 22.1. The summed E-state index contributed by atoms with van der Waals surface area (Å²) in [6.07, 6.45) is 4.36. The van der Waals surface area contributed by atoms with Gasteiger partial charge in [-0.15, -0.1) is 0 Å². The molecule has 1 aromatic rings. The number of carbonyl (C=O) groups excluding carboxylic acids is 1. The Balaban J connectivity index is 1.87. The first-order valence-corrected chi connectivity index (χ1v) is 7.39. The van der Waals surface area contributed by atoms with Crippen LogP contribution < -0.4 is 10.6 Å². The number of rotatable bonds is 5. The topological polar surface area (TPSA) is 63.2 Å². The lowest BCUT2D eigenvalue weighted by Gasteiger charge is -2.32. The Morgan fingerprint density at radius 1 is 1.45 bits per heavy atom. The number of urea groups is 1. The standard InChI is InChI=1S/C15H21F2N3O2/c1-15(16,17)6-9-19-14(21)20-12-3-2-10-22-13(12)11-4-7-18-8-5-11/h4-5,7-8,12-13H,2-3,6,9-10H2,1H3,(H2,19,20,21)/t12-,13+/m0/s1. The van der Waals surface area contributed by atoms with Crippen LogP contribution in [0.1, 0.15) is 37.9 Å². The van der Waals surface area contributed by atoms with Crippen LogP contribution in [0.25, 0.3) is 0 Å². The Bertz CT molecular complexity index is 479. The number of amides is 2. The number of aromatic nitrogens is 1. The Labute approximate surface area is 128 Å². The maximum Gasteiger partial charge on any atom is 0.315 e. The summed E-state index contributed by atoms with van der Waals surface area (Å²) in [5.41, 5.74) is 0.945. The van der Waals surface area contributed by atoms with Gasteiger partial charge in [0.25, 0.3) is 0 Å². The van der Waals surface area contributed by atoms with Crippen molar-refractivity contribution in [2.75, 3.05) is 13.2 Å². The van der Waals surface area contributed by atoms with E-state index in [4.69, 9.17) is 4.74 Å². The highest BCUT2D eigenvalue weighted by atomic mass is 19.3. The van der Waals surface area contributed by atoms with E-state index in [0.717, 1.165) is 25.3 Å². The highest BCUT2D eigenvalue weighted by Crippen LogP contribution is 2.27. The van der Waals surface area contributed by atoms with E-state index >= 15 is 0 Å². The number of ether oxygens (including phenoxy) is 1. The molecule has 1 aromatic heterocycles. The first kappa shape index (κ1) is 16.6. The molecular formula is C15H21F2N3O2. The zero-order valence-corrected chi connectivity index (χ0v) is 12.5. The third-order valence-electron chi connectivity index (χ3n) is 3.52. The molecule has 0 radical (unpaired) electrons. The van der Waals surface area contributed by atoms with E-state index in [9.17, 15) is 13.6 Å². The molecule has 1 saturated heterocycles. The molecule has 7 heteroatoms. The molecule has 22 heavy (non-hydrogen) atoms. The zero-order chi connectivity index (χ0) is 16.0. The van der Waals surface area contributed by atoms with Crippen LogP contribution in [0.15, 0.2) is 24.5 Å². The van der Waals surface area contributed by atoms with Gasteiger partial charge >= 0.3 is 6.03 Å². The van der Waals surface area contributed by atoms with Gasteiger partial charge in [-0.25, -0.2) is 13.6 Å². The molecule has 5 nitrogen and oxygen atoms in total. The number of hydrogen-bond acceptors (Lipinski definition) is 3. The Morgan fingerprint density at radius 2 is 2.18 bits per heavy atom. The molecule has 0 aliphatic carbocycles. The second kappa shape index (κ2) is 7.49. The molecule has 0 unspecified atom stereocenters. The van der Waals surface area contributed by atoms with Crippen LogP contribution in [0.3, 0.4) is 0 Å². The number of halogens is 2. The largest absolute Gasteiger partial charge is 0.371 e. The zero-order valence-electron chi connectivity index (χ0n) is 12.5. The Kier molecular flexibility index (Phi) is 5.65. The number of alkyl halides is 2. The van der Waals surface area contributed by atoms with Gasteiger partial charge in [-0.1, -0.05) is 0 Å². The second-order valence-electron chi connectivity index (χ2n) is 5.54. The molecule has 2 rings (SSSR count). The third kappa shape index (κ3) is 5.22. The minimum atomic E-state index is -2.78. The summed E-state index contributed by atoms with van der Waals surface area (Å²) in [4.78, 5) is 15.8. The lowest BCUT2D eigenvalue weighted by molar-refractivity contribution is -0.00777. The SMILES string of the molecule is CC(F)(F)CCNC(=O)N[C@H]1CCCO[C@@H]1c1ccncc1. The minimum absolute atomic E-state index is 0.0666. The molecule has 0 spiro atoms. The van der Waals surface area contributed by atoms with E-state index in [2.05, 4.69) is 15.6 Å². The molecule has 2 atom stereocenters. The van der Waals surface area contributed by atoms with Gasteiger partial charge in [-0.2, -0.15) is 0 Å². The number of nitrogens with one attached hydrogen (secondary N) is 2. The summed E-state index contributed by atoms with van der Waals surface area (Å²) in [6.45, 7) is 1.40. The van der Waals surface area contributed by atoms with Gasteiger partial charge in [-0.05, 0) is 37.5 Å². The summed E-state index contributed by atoms with van der Waals surface area (Å²) < 4.78 is 31.2. The lowest BCUT2D eigenvalue weighted by atomic mass is 9.97. The molecule has 2 amide bonds. The molecule has 0 aromatic carbocycles. The van der Waals surface area contributed by atoms with E-state index in [0.29, 0.717) is 6.61 Å². The fraction of sp³-hybridized carbons (Fsp3) is 0.600. The Morgan fingerprint density at radius 3 is 2.86 bits per heavy atom. The van der Waals surface area contributed by atoms with Crippen molar-refractivity contribution in [1.29, 1.82) is 0 Å². The first-order chi connectivity index (χ1) is 10.5. The van der Waals surface area contributed by atoms with Gasteiger partial charge < -0.3 is 15.4 Å². The smallest absolute Gasteiger partial charge is 0.315 e. The number of pyridine rings is 1. The summed E-state index contributed by atoms with van der Waals surface area (Å²) in [7, 11) is 0. The summed E-state index contributed by atoms with van der Waals surface area (Å²) in [5.74, 6) is -2.78. The van der Waals surface area contributed by atoms with Crippen molar-refractivity contribution in [2.24, 2.45) is 0 Å². The van der Waals surface area contributed by atoms with Crippen LogP contribution in [-0.2, 0) is 4.74 Å². The van der Waals surface area contributed by atoms with Crippen LogP contribution >= 0.6 is 0 Å². The van der Waals surface area contributed by atoms with Crippen LogP contribution in [0.4, 0.5) is 13.6 Å². The van der Waals surface area contributed by atoms with Gasteiger partial charge in [0.05, 0.1) is 6.04 Å². The molecule has 0 saturated carbocycles. The molecule has 2 heterocycles. The fourth-order valence-corrected chi connectivity index (χ4v) is 2.43. The Hall–Kier alpha value is -1.76. The quantitative estimate of drug-likeness (QED) is 0.878. The molecule has 0 bridgehead atoms. The van der Waals surface area contributed by atoms with Gasteiger partial charge in [0.1, 0.15) is 6.10 Å². The fourth-order valence-electron chi connectivity index (χ4n) is 2.43. The highest BCUT2D eigenvalue weighted by Gasteiger charge is 2.29. The monoisotopic (exact) mass is 313 g/mol. The van der Waals surface area contributed by atoms with E-state index in [-0.39, 0.29) is 25.1 Å². The predicted molar refractivity (Wildman–Crippen MR) is 77.7 cm³/mol. The van der Waals surface area contributed by atoms with Crippen molar-refractivity contribution >= 4 is 6.03 Å². The third-order valence-corrected chi connectivity index (χ3v) is 3.52. The van der Waals surface area contributed by atoms with Crippen LogP contribution in [0.2, 0.25) is 0 Å². The number of hydrogen-bond donors (Lipinski definition) is 2. The summed E-state index contributed by atoms with van der Waals surface area (Å²) in [5, 5.41) is 5.27. The number of carbonyl (C=O) groups is 1. The molecule has 1 aliphatic heterocycles. The van der Waals surface area contributed by atoms with Crippen molar-refractivity contribution in [1.82, 2.24) is 15.6 Å². The second-order valence-corrected chi connectivity index (χ2v) is 5.54. The van der Waals surface area contributed by atoms with Crippen molar-refractivity contribution in [3.05, 3.63) is 30.1 Å². The molecular weight excluding hydrogens is 292 g/mol. The van der Waals surface area contributed by atoms with E-state index < -0.39 is 12.0 Å². The summed E-state index contributed by atoms with van der Waals surface area (Å²) >= 11 is 0. The average Bonchev–Trinajstić information content (AvgIpc) is 2.47. The molecule has 1 aliphatic rings. The van der Waals surface area contributed by atoms with E-state index in [1.807, 2.05) is 12.1 Å². The van der Waals surface area contributed by atoms with Crippen molar-refractivity contribution in [2.45, 2.75) is 44.3 Å². The molecule has 2 N–H and O–H groups in total. The maximum absolute atomic E-state index is 12.7. The van der Waals surface area contributed by atoms with Crippen molar-refractivity contribution < 1.29 is 18.3 Å². The predicted octanol–water partition coefficient (Wildman–Crippen LogP) is 2.65. The maximum atomic E-state index is 12.7. The van der Waals surface area contributed by atoms with Crippen molar-refractivity contribution in [3.63, 3.8) is 0 Å². The lowest BCUT2D eigenvalue weighted by Crippen LogP contribution is -2.47. The highest BCUT2D eigenvalue weighted by molar-refractivity contribution is 5.74. The van der Waals surface area contributed by atoms with Crippen molar-refractivity contribution in [3.8, 4) is 0 Å². The van der Waals surface area contributed by atoms with Gasteiger partial charge in [0, 0.05) is 32.0 Å². The molecule has 122 valence electrons. The summed E-state index contributed by atoms with van der Waals surface area (Å²) in [6, 6.07) is 3.07. The van der Waals surface area contributed by atoms with Gasteiger partial charge in [0.15, 0.2) is 0 Å². The van der Waals surface area contributed by atoms with E-state index in [1.54, 1.807) is 12.4 Å². The first-order valence-electron chi connectivity index (χ1n) is 7.39. The van der Waals surface area contributed by atoms with Crippen LogP contribution in [-0.4, -0.2) is 36.1 Å². The van der Waals surface area contributed by atoms with Gasteiger partial charge in [-0.3, -0.25) is 4.98 Å². The van der Waals surface area contributed by atoms with Crippen LogP contribution in [0, 0.1) is 0 Å².